The van der Waals surface area contributed by atoms with E-state index < -0.39 is 0 Å². The Morgan fingerprint density at radius 1 is 1.39 bits per heavy atom. The number of rotatable bonds is 5. The van der Waals surface area contributed by atoms with E-state index in [4.69, 9.17) is 4.42 Å². The van der Waals surface area contributed by atoms with E-state index in [9.17, 15) is 0 Å². The lowest BCUT2D eigenvalue weighted by molar-refractivity contribution is 0.569. The largest absolute Gasteiger partial charge is 0.444 e. The van der Waals surface area contributed by atoms with Crippen LogP contribution < -0.4 is 5.32 Å². The van der Waals surface area contributed by atoms with Crippen LogP contribution in [0.3, 0.4) is 0 Å². The summed E-state index contributed by atoms with van der Waals surface area (Å²) in [5, 5.41) is 3.31. The highest BCUT2D eigenvalue weighted by Crippen LogP contribution is 2.26. The Morgan fingerprint density at radius 2 is 2.22 bits per heavy atom. The molecule has 96 valence electrons. The molecule has 0 amide bonds. The average molecular weight is 309 g/mol. The Bertz CT molecular complexity index is 522. The Kier molecular flexibility index (Phi) is 4.55. The zero-order valence-corrected chi connectivity index (χ0v) is 12.3. The highest BCUT2D eigenvalue weighted by atomic mass is 79.9. The van der Waals surface area contributed by atoms with Gasteiger partial charge < -0.3 is 9.73 Å². The van der Waals surface area contributed by atoms with Gasteiger partial charge in [0, 0.05) is 16.6 Å². The van der Waals surface area contributed by atoms with E-state index in [1.165, 1.54) is 0 Å². The fraction of sp³-hybridized carbons (Fsp3) is 0.357. The summed E-state index contributed by atoms with van der Waals surface area (Å²) in [4.78, 5) is 4.50. The van der Waals surface area contributed by atoms with Crippen LogP contribution in [0.2, 0.25) is 0 Å². The number of benzene rings is 1. The van der Waals surface area contributed by atoms with Gasteiger partial charge >= 0.3 is 0 Å². The molecule has 0 aliphatic carbocycles. The molecule has 0 saturated heterocycles. The molecular formula is C14H17BrN2O. The predicted octanol–water partition coefficient (Wildman–Crippen LogP) is 3.91. The quantitative estimate of drug-likeness (QED) is 0.851. The molecule has 18 heavy (non-hydrogen) atoms. The van der Waals surface area contributed by atoms with E-state index in [2.05, 4.69) is 46.1 Å². The molecule has 0 spiro atoms. The van der Waals surface area contributed by atoms with Crippen molar-refractivity contribution in [3.63, 3.8) is 0 Å². The predicted molar refractivity (Wildman–Crippen MR) is 76.4 cm³/mol. The highest BCUT2D eigenvalue weighted by Gasteiger charge is 2.09. The number of hydrogen-bond acceptors (Lipinski definition) is 3. The molecule has 0 aliphatic rings. The summed E-state index contributed by atoms with van der Waals surface area (Å²) in [5.74, 6) is 0.682. The maximum absolute atomic E-state index is 5.55. The molecule has 2 rings (SSSR count). The summed E-state index contributed by atoms with van der Waals surface area (Å²) < 4.78 is 6.58. The second kappa shape index (κ2) is 6.16. The first-order valence-corrected chi connectivity index (χ1v) is 6.91. The van der Waals surface area contributed by atoms with Crippen LogP contribution in [0.5, 0.6) is 0 Å². The minimum absolute atomic E-state index is 0.682. The SMILES string of the molecule is CCCNCc1coc(-c2cc(Br)ccc2C)n1. The van der Waals surface area contributed by atoms with Crippen LogP contribution in [0, 0.1) is 6.92 Å². The second-order valence-electron chi connectivity index (χ2n) is 4.28. The van der Waals surface area contributed by atoms with Crippen molar-refractivity contribution in [2.45, 2.75) is 26.8 Å². The Balaban J connectivity index is 2.16. The first kappa shape index (κ1) is 13.3. The number of aryl methyl sites for hydroxylation is 1. The van der Waals surface area contributed by atoms with Crippen molar-refractivity contribution < 1.29 is 4.42 Å². The molecule has 0 aliphatic heterocycles. The molecule has 0 saturated carbocycles. The minimum atomic E-state index is 0.682. The third-order valence-corrected chi connectivity index (χ3v) is 3.21. The van der Waals surface area contributed by atoms with Crippen LogP contribution in [-0.4, -0.2) is 11.5 Å². The van der Waals surface area contributed by atoms with Crippen LogP contribution in [0.25, 0.3) is 11.5 Å². The van der Waals surface area contributed by atoms with Gasteiger partial charge in [0.1, 0.15) is 6.26 Å². The summed E-state index contributed by atoms with van der Waals surface area (Å²) in [7, 11) is 0. The molecule has 1 aromatic heterocycles. The maximum atomic E-state index is 5.55. The first-order chi connectivity index (χ1) is 8.70. The van der Waals surface area contributed by atoms with Crippen LogP contribution in [0.15, 0.2) is 33.4 Å². The summed E-state index contributed by atoms with van der Waals surface area (Å²) >= 11 is 3.47. The van der Waals surface area contributed by atoms with Crippen molar-refractivity contribution in [2.24, 2.45) is 0 Å². The van der Waals surface area contributed by atoms with Gasteiger partial charge in [-0.2, -0.15) is 0 Å². The van der Waals surface area contributed by atoms with Crippen molar-refractivity contribution in [2.75, 3.05) is 6.54 Å². The first-order valence-electron chi connectivity index (χ1n) is 6.12. The Hall–Kier alpha value is -1.13. The fourth-order valence-corrected chi connectivity index (χ4v) is 2.09. The van der Waals surface area contributed by atoms with E-state index in [0.29, 0.717) is 5.89 Å². The minimum Gasteiger partial charge on any atom is -0.444 e. The highest BCUT2D eigenvalue weighted by molar-refractivity contribution is 9.10. The number of halogens is 1. The molecule has 1 heterocycles. The number of aromatic nitrogens is 1. The van der Waals surface area contributed by atoms with Gasteiger partial charge in [0.05, 0.1) is 5.69 Å². The average Bonchev–Trinajstić information content (AvgIpc) is 2.81. The number of nitrogens with one attached hydrogen (secondary N) is 1. The topological polar surface area (TPSA) is 38.1 Å². The standard InChI is InChI=1S/C14H17BrN2O/c1-3-6-16-8-12-9-18-14(17-12)13-7-11(15)5-4-10(13)2/h4-5,7,9,16H,3,6,8H2,1-2H3. The van der Waals surface area contributed by atoms with Crippen molar-refractivity contribution in [3.8, 4) is 11.5 Å². The molecule has 1 N–H and O–H groups in total. The number of hydrogen-bond donors (Lipinski definition) is 1. The molecule has 1 aromatic carbocycles. The molecule has 0 unspecified atom stereocenters. The van der Waals surface area contributed by atoms with E-state index in [1.54, 1.807) is 6.26 Å². The van der Waals surface area contributed by atoms with Gasteiger partial charge in [-0.15, -0.1) is 0 Å². The molecule has 3 nitrogen and oxygen atoms in total. The van der Waals surface area contributed by atoms with E-state index in [1.807, 2.05) is 12.1 Å². The lowest BCUT2D eigenvalue weighted by atomic mass is 10.1. The lowest BCUT2D eigenvalue weighted by Crippen LogP contribution is -2.13. The summed E-state index contributed by atoms with van der Waals surface area (Å²) in [6, 6.07) is 6.11. The zero-order valence-electron chi connectivity index (χ0n) is 10.7. The molecule has 0 fully saturated rings. The van der Waals surface area contributed by atoms with Crippen molar-refractivity contribution in [1.29, 1.82) is 0 Å². The van der Waals surface area contributed by atoms with Gasteiger partial charge in [-0.3, -0.25) is 0 Å². The Labute approximate surface area is 116 Å². The lowest BCUT2D eigenvalue weighted by Gasteiger charge is -2.01. The second-order valence-corrected chi connectivity index (χ2v) is 5.20. The van der Waals surface area contributed by atoms with Crippen molar-refractivity contribution >= 4 is 15.9 Å². The van der Waals surface area contributed by atoms with Crippen LogP contribution in [0.4, 0.5) is 0 Å². The van der Waals surface area contributed by atoms with E-state index in [0.717, 1.165) is 40.8 Å². The van der Waals surface area contributed by atoms with Gasteiger partial charge in [-0.1, -0.05) is 28.9 Å². The van der Waals surface area contributed by atoms with Crippen LogP contribution in [-0.2, 0) is 6.54 Å². The van der Waals surface area contributed by atoms with Gasteiger partial charge in [0.25, 0.3) is 0 Å². The molecule has 0 atom stereocenters. The van der Waals surface area contributed by atoms with Gasteiger partial charge in [-0.05, 0) is 37.6 Å². The summed E-state index contributed by atoms with van der Waals surface area (Å²) in [5.41, 5.74) is 3.14. The molecule has 0 bridgehead atoms. The van der Waals surface area contributed by atoms with E-state index >= 15 is 0 Å². The van der Waals surface area contributed by atoms with Crippen LogP contribution in [0.1, 0.15) is 24.6 Å². The number of oxazole rings is 1. The monoisotopic (exact) mass is 308 g/mol. The third kappa shape index (κ3) is 3.21. The normalized spacial score (nSPS) is 10.8. The molecule has 2 aromatic rings. The third-order valence-electron chi connectivity index (χ3n) is 2.71. The maximum Gasteiger partial charge on any atom is 0.226 e. The van der Waals surface area contributed by atoms with Gasteiger partial charge in [-0.25, -0.2) is 4.98 Å². The van der Waals surface area contributed by atoms with Crippen molar-refractivity contribution in [3.05, 3.63) is 40.2 Å². The summed E-state index contributed by atoms with van der Waals surface area (Å²) in [6.07, 6.45) is 2.84. The van der Waals surface area contributed by atoms with Crippen molar-refractivity contribution in [1.82, 2.24) is 10.3 Å². The van der Waals surface area contributed by atoms with Gasteiger partial charge in [0.2, 0.25) is 5.89 Å². The zero-order chi connectivity index (χ0) is 13.0. The molecule has 4 heteroatoms. The molecular weight excluding hydrogens is 292 g/mol. The smallest absolute Gasteiger partial charge is 0.226 e. The molecule has 0 radical (unpaired) electrons. The van der Waals surface area contributed by atoms with Gasteiger partial charge in [0.15, 0.2) is 0 Å². The van der Waals surface area contributed by atoms with E-state index in [-0.39, 0.29) is 0 Å². The van der Waals surface area contributed by atoms with Crippen LogP contribution >= 0.6 is 15.9 Å². The fourth-order valence-electron chi connectivity index (χ4n) is 1.73. The Morgan fingerprint density at radius 3 is 3.00 bits per heavy atom. The number of nitrogens with zero attached hydrogens (tertiary/aromatic N) is 1. The summed E-state index contributed by atoms with van der Waals surface area (Å²) in [6.45, 7) is 5.95.